The van der Waals surface area contributed by atoms with Crippen LogP contribution < -0.4 is 0 Å². The lowest BCUT2D eigenvalue weighted by atomic mass is 10.1. The Bertz CT molecular complexity index is 603. The summed E-state index contributed by atoms with van der Waals surface area (Å²) in [6.45, 7) is 1.34. The van der Waals surface area contributed by atoms with Crippen molar-refractivity contribution in [2.75, 3.05) is 0 Å². The van der Waals surface area contributed by atoms with Crippen LogP contribution in [0.3, 0.4) is 0 Å². The Kier molecular flexibility index (Phi) is 3.99. The number of rotatable bonds is 3. The van der Waals surface area contributed by atoms with Crippen molar-refractivity contribution in [1.29, 1.82) is 0 Å². The highest BCUT2D eigenvalue weighted by atomic mass is 35.5. The molecule has 0 atom stereocenters. The fraction of sp³-hybridized carbons (Fsp3) is 0.0769. The van der Waals surface area contributed by atoms with Gasteiger partial charge in [-0.3, -0.25) is 4.79 Å². The van der Waals surface area contributed by atoms with E-state index in [4.69, 9.17) is 11.6 Å². The summed E-state index contributed by atoms with van der Waals surface area (Å²) in [6.07, 6.45) is 1.60. The van der Waals surface area contributed by atoms with Crippen molar-refractivity contribution in [3.8, 4) is 0 Å². The van der Waals surface area contributed by atoms with Crippen LogP contribution in [0.1, 0.15) is 17.3 Å². The molecule has 0 aliphatic carbocycles. The van der Waals surface area contributed by atoms with Crippen LogP contribution >= 0.6 is 23.4 Å². The predicted octanol–water partition coefficient (Wildman–Crippen LogP) is 4.23. The Balaban J connectivity index is 2.44. The quantitative estimate of drug-likeness (QED) is 0.789. The molecule has 0 aliphatic heterocycles. The second-order valence-corrected chi connectivity index (χ2v) is 5.00. The molecule has 2 nitrogen and oxygen atoms in total. The molecular formula is C13H9ClFNOS. The van der Waals surface area contributed by atoms with Crippen molar-refractivity contribution in [2.24, 2.45) is 0 Å². The summed E-state index contributed by atoms with van der Waals surface area (Å²) in [5.41, 5.74) is 0.0734. The lowest BCUT2D eigenvalue weighted by molar-refractivity contribution is 0.101. The second kappa shape index (κ2) is 5.50. The molecule has 0 radical (unpaired) electrons. The number of hydrogen-bond donors (Lipinski definition) is 0. The Morgan fingerprint density at radius 1 is 1.33 bits per heavy atom. The summed E-state index contributed by atoms with van der Waals surface area (Å²) in [5.74, 6) is -0.845. The molecule has 0 N–H and O–H groups in total. The minimum atomic E-state index is -0.528. The van der Waals surface area contributed by atoms with Crippen LogP contribution in [0.2, 0.25) is 5.02 Å². The lowest BCUT2D eigenvalue weighted by Crippen LogP contribution is -1.99. The first kappa shape index (κ1) is 13.1. The first-order valence-corrected chi connectivity index (χ1v) is 6.37. The van der Waals surface area contributed by atoms with Crippen molar-refractivity contribution < 1.29 is 9.18 Å². The first-order valence-electron chi connectivity index (χ1n) is 5.17. The zero-order valence-corrected chi connectivity index (χ0v) is 11.1. The molecule has 0 fully saturated rings. The van der Waals surface area contributed by atoms with E-state index in [2.05, 4.69) is 4.98 Å². The summed E-state index contributed by atoms with van der Waals surface area (Å²) in [6, 6.07) is 7.91. The number of carbonyl (C=O) groups is 1. The molecule has 2 rings (SSSR count). The van der Waals surface area contributed by atoms with Crippen LogP contribution in [0, 0.1) is 5.82 Å². The molecule has 0 unspecified atom stereocenters. The van der Waals surface area contributed by atoms with Crippen LogP contribution in [0.25, 0.3) is 0 Å². The normalized spacial score (nSPS) is 10.4. The van der Waals surface area contributed by atoms with E-state index in [0.717, 1.165) is 0 Å². The lowest BCUT2D eigenvalue weighted by Gasteiger charge is -2.07. The number of Topliss-reactive ketones (excluding diaryl/α,β-unsaturated/α-hetero) is 1. The molecule has 92 valence electrons. The number of aromatic nitrogens is 1. The number of hydrogen-bond acceptors (Lipinski definition) is 3. The van der Waals surface area contributed by atoms with Crippen LogP contribution in [0.15, 0.2) is 46.5 Å². The van der Waals surface area contributed by atoms with Gasteiger partial charge in [-0.15, -0.1) is 0 Å². The van der Waals surface area contributed by atoms with E-state index < -0.39 is 5.82 Å². The predicted molar refractivity (Wildman–Crippen MR) is 69.8 cm³/mol. The van der Waals surface area contributed by atoms with Crippen molar-refractivity contribution in [3.63, 3.8) is 0 Å². The van der Waals surface area contributed by atoms with Crippen LogP contribution in [0.4, 0.5) is 4.39 Å². The first-order chi connectivity index (χ1) is 8.59. The standard InChI is InChI=1S/C13H9ClFNOS/c1-8(17)12-10(15)5-2-6-11(12)18-13-9(14)4-3-7-16-13/h2-7H,1H3. The summed E-state index contributed by atoms with van der Waals surface area (Å²) < 4.78 is 13.6. The summed E-state index contributed by atoms with van der Waals surface area (Å²) >= 11 is 7.16. The zero-order valence-electron chi connectivity index (χ0n) is 9.48. The number of ketones is 1. The van der Waals surface area contributed by atoms with Gasteiger partial charge in [-0.2, -0.15) is 0 Å². The molecule has 1 heterocycles. The van der Waals surface area contributed by atoms with Gasteiger partial charge in [0.1, 0.15) is 10.8 Å². The maximum Gasteiger partial charge on any atom is 0.163 e. The number of carbonyl (C=O) groups excluding carboxylic acids is 1. The van der Waals surface area contributed by atoms with E-state index in [-0.39, 0.29) is 11.3 Å². The molecule has 1 aromatic carbocycles. The minimum Gasteiger partial charge on any atom is -0.294 e. The van der Waals surface area contributed by atoms with E-state index in [9.17, 15) is 9.18 Å². The minimum absolute atomic E-state index is 0.0734. The van der Waals surface area contributed by atoms with Gasteiger partial charge in [0.2, 0.25) is 0 Å². The van der Waals surface area contributed by atoms with Crippen molar-refractivity contribution >= 4 is 29.1 Å². The van der Waals surface area contributed by atoms with Gasteiger partial charge in [-0.05, 0) is 31.2 Å². The molecular weight excluding hydrogens is 273 g/mol. The average molecular weight is 282 g/mol. The fourth-order valence-electron chi connectivity index (χ4n) is 1.48. The maximum absolute atomic E-state index is 13.6. The molecule has 0 bridgehead atoms. The molecule has 0 amide bonds. The Morgan fingerprint density at radius 2 is 2.11 bits per heavy atom. The topological polar surface area (TPSA) is 30.0 Å². The maximum atomic E-state index is 13.6. The SMILES string of the molecule is CC(=O)c1c(F)cccc1Sc1ncccc1Cl. The Labute approximate surface area is 113 Å². The van der Waals surface area contributed by atoms with E-state index in [0.29, 0.717) is 14.9 Å². The number of nitrogens with zero attached hydrogens (tertiary/aromatic N) is 1. The van der Waals surface area contributed by atoms with Gasteiger partial charge in [-0.1, -0.05) is 29.4 Å². The van der Waals surface area contributed by atoms with Crippen LogP contribution in [0.5, 0.6) is 0 Å². The largest absolute Gasteiger partial charge is 0.294 e. The molecule has 0 spiro atoms. The molecule has 18 heavy (non-hydrogen) atoms. The monoisotopic (exact) mass is 281 g/mol. The van der Waals surface area contributed by atoms with Crippen molar-refractivity contribution in [3.05, 3.63) is 52.9 Å². The van der Waals surface area contributed by atoms with E-state index >= 15 is 0 Å². The Morgan fingerprint density at radius 3 is 2.78 bits per heavy atom. The fourth-order valence-corrected chi connectivity index (χ4v) is 2.70. The van der Waals surface area contributed by atoms with E-state index in [1.807, 2.05) is 0 Å². The van der Waals surface area contributed by atoms with Gasteiger partial charge in [0, 0.05) is 11.1 Å². The van der Waals surface area contributed by atoms with Gasteiger partial charge in [0.05, 0.1) is 10.6 Å². The third-order valence-electron chi connectivity index (χ3n) is 2.26. The molecule has 1 aromatic heterocycles. The zero-order chi connectivity index (χ0) is 13.1. The number of halogens is 2. The molecule has 2 aromatic rings. The molecule has 0 saturated heterocycles. The number of benzene rings is 1. The highest BCUT2D eigenvalue weighted by Crippen LogP contribution is 2.34. The van der Waals surface area contributed by atoms with Crippen molar-refractivity contribution in [1.82, 2.24) is 4.98 Å². The highest BCUT2D eigenvalue weighted by Gasteiger charge is 2.15. The molecule has 0 aliphatic rings. The van der Waals surface area contributed by atoms with Gasteiger partial charge in [0.15, 0.2) is 5.78 Å². The van der Waals surface area contributed by atoms with E-state index in [1.165, 1.54) is 24.8 Å². The Hall–Kier alpha value is -1.39. The summed E-state index contributed by atoms with van der Waals surface area (Å²) in [7, 11) is 0. The van der Waals surface area contributed by atoms with Gasteiger partial charge >= 0.3 is 0 Å². The van der Waals surface area contributed by atoms with Crippen molar-refractivity contribution in [2.45, 2.75) is 16.8 Å². The van der Waals surface area contributed by atoms with Gasteiger partial charge in [0.25, 0.3) is 0 Å². The molecule has 0 saturated carbocycles. The van der Waals surface area contributed by atoms with Crippen LogP contribution in [-0.2, 0) is 0 Å². The smallest absolute Gasteiger partial charge is 0.163 e. The number of pyridine rings is 1. The third-order valence-corrected chi connectivity index (χ3v) is 3.75. The molecule has 5 heteroatoms. The highest BCUT2D eigenvalue weighted by molar-refractivity contribution is 7.99. The summed E-state index contributed by atoms with van der Waals surface area (Å²) in [5, 5.41) is 1.02. The summed E-state index contributed by atoms with van der Waals surface area (Å²) in [4.78, 5) is 16.1. The van der Waals surface area contributed by atoms with E-state index in [1.54, 1.807) is 30.5 Å². The van der Waals surface area contributed by atoms with Crippen LogP contribution in [-0.4, -0.2) is 10.8 Å². The average Bonchev–Trinajstić information content (AvgIpc) is 2.31. The second-order valence-electron chi connectivity index (χ2n) is 3.56. The van der Waals surface area contributed by atoms with Gasteiger partial charge in [-0.25, -0.2) is 9.37 Å². The third kappa shape index (κ3) is 2.71. The van der Waals surface area contributed by atoms with Gasteiger partial charge < -0.3 is 0 Å².